The van der Waals surface area contributed by atoms with E-state index >= 15 is 0 Å². The van der Waals surface area contributed by atoms with E-state index in [1.54, 1.807) is 0 Å². The minimum absolute atomic E-state index is 0.529. The first-order valence-corrected chi connectivity index (χ1v) is 7.18. The van der Waals surface area contributed by atoms with Crippen molar-refractivity contribution in [1.29, 1.82) is 0 Å². The molecule has 3 rings (SSSR count). The van der Waals surface area contributed by atoms with Gasteiger partial charge in [0.2, 0.25) is 0 Å². The van der Waals surface area contributed by atoms with Crippen molar-refractivity contribution < 1.29 is 18.3 Å². The molecule has 0 aliphatic heterocycles. The van der Waals surface area contributed by atoms with Crippen LogP contribution < -0.4 is 0 Å². The Bertz CT molecular complexity index is 792. The zero-order valence-corrected chi connectivity index (χ0v) is 12.2. The van der Waals surface area contributed by atoms with Crippen LogP contribution >= 0.6 is 33.9 Å². The van der Waals surface area contributed by atoms with Crippen molar-refractivity contribution in [2.75, 3.05) is 0 Å². The lowest BCUT2D eigenvalue weighted by molar-refractivity contribution is -0.138. The second-order valence-electron chi connectivity index (χ2n) is 4.11. The van der Waals surface area contributed by atoms with E-state index in [-0.39, 0.29) is 0 Å². The topological polar surface area (TPSA) is 20.2 Å². The van der Waals surface area contributed by atoms with Gasteiger partial charge >= 0.3 is 6.18 Å². The van der Waals surface area contributed by atoms with Crippen LogP contribution in [-0.4, -0.2) is 5.11 Å². The molecule has 0 saturated carbocycles. The summed E-state index contributed by atoms with van der Waals surface area (Å²) in [5.74, 6) is -0.721. The number of hydrogen-bond acceptors (Lipinski definition) is 2. The Hall–Kier alpha value is -1.02. The van der Waals surface area contributed by atoms with Crippen molar-refractivity contribution in [2.24, 2.45) is 0 Å². The molecule has 6 heteroatoms. The smallest absolute Gasteiger partial charge is 0.419 e. The molecule has 0 unspecified atom stereocenters. The van der Waals surface area contributed by atoms with Gasteiger partial charge in [-0.15, -0.1) is 11.3 Å². The molecule has 19 heavy (non-hydrogen) atoms. The summed E-state index contributed by atoms with van der Waals surface area (Å²) in [7, 11) is 0. The van der Waals surface area contributed by atoms with E-state index in [9.17, 15) is 18.3 Å². The number of halogens is 4. The van der Waals surface area contributed by atoms with Gasteiger partial charge in [0.15, 0.2) is 0 Å². The summed E-state index contributed by atoms with van der Waals surface area (Å²) in [6.45, 7) is 0. The van der Waals surface area contributed by atoms with Crippen molar-refractivity contribution in [3.63, 3.8) is 0 Å². The average Bonchev–Trinajstić information content (AvgIpc) is 2.62. The SMILES string of the molecule is Oc1cc2sc3cc(I)ccc3c2cc1C(F)(F)F. The van der Waals surface area contributed by atoms with Gasteiger partial charge in [-0.2, -0.15) is 13.2 Å². The summed E-state index contributed by atoms with van der Waals surface area (Å²) in [5.41, 5.74) is -0.988. The van der Waals surface area contributed by atoms with Crippen LogP contribution in [0.2, 0.25) is 0 Å². The van der Waals surface area contributed by atoms with Crippen LogP contribution in [0.15, 0.2) is 30.3 Å². The van der Waals surface area contributed by atoms with Gasteiger partial charge < -0.3 is 5.11 Å². The molecule has 0 aliphatic carbocycles. The molecular formula is C13H6F3IOS. The maximum Gasteiger partial charge on any atom is 0.419 e. The van der Waals surface area contributed by atoms with Crippen molar-refractivity contribution in [3.05, 3.63) is 39.5 Å². The summed E-state index contributed by atoms with van der Waals surface area (Å²) in [6, 6.07) is 7.80. The second kappa shape index (κ2) is 4.24. The Morgan fingerprint density at radius 1 is 1.00 bits per heavy atom. The van der Waals surface area contributed by atoms with E-state index in [4.69, 9.17) is 0 Å². The fourth-order valence-electron chi connectivity index (χ4n) is 2.01. The molecule has 2 aromatic carbocycles. The van der Waals surface area contributed by atoms with Gasteiger partial charge in [-0.3, -0.25) is 0 Å². The Morgan fingerprint density at radius 2 is 1.68 bits per heavy atom. The number of aromatic hydroxyl groups is 1. The zero-order valence-electron chi connectivity index (χ0n) is 9.25. The first kappa shape index (κ1) is 13.0. The molecule has 0 aliphatic rings. The number of thiophene rings is 1. The predicted octanol–water partition coefficient (Wildman–Crippen LogP) is 5.38. The molecule has 0 saturated heterocycles. The first-order chi connectivity index (χ1) is 8.86. The van der Waals surface area contributed by atoms with Gasteiger partial charge in [0.05, 0.1) is 5.56 Å². The van der Waals surface area contributed by atoms with Crippen LogP contribution in [0.1, 0.15) is 5.56 Å². The third-order valence-electron chi connectivity index (χ3n) is 2.86. The van der Waals surface area contributed by atoms with Gasteiger partial charge in [-0.25, -0.2) is 0 Å². The highest BCUT2D eigenvalue weighted by Gasteiger charge is 2.34. The van der Waals surface area contributed by atoms with Crippen LogP contribution in [-0.2, 0) is 6.18 Å². The number of benzene rings is 2. The summed E-state index contributed by atoms with van der Waals surface area (Å²) in [6.07, 6.45) is -4.55. The number of phenolic OH excluding ortho intramolecular Hbond substituents is 1. The second-order valence-corrected chi connectivity index (χ2v) is 6.44. The van der Waals surface area contributed by atoms with Gasteiger partial charge in [0.25, 0.3) is 0 Å². The summed E-state index contributed by atoms with van der Waals surface area (Å²) in [4.78, 5) is 0. The van der Waals surface area contributed by atoms with Crippen molar-refractivity contribution in [1.82, 2.24) is 0 Å². The van der Waals surface area contributed by atoms with E-state index in [1.165, 1.54) is 17.4 Å². The van der Waals surface area contributed by atoms with Crippen LogP contribution in [0.4, 0.5) is 13.2 Å². The lowest BCUT2D eigenvalue weighted by Crippen LogP contribution is -2.04. The highest BCUT2D eigenvalue weighted by Crippen LogP contribution is 2.42. The molecule has 98 valence electrons. The van der Waals surface area contributed by atoms with E-state index < -0.39 is 17.5 Å². The molecule has 1 aromatic heterocycles. The number of phenols is 1. The summed E-state index contributed by atoms with van der Waals surface area (Å²) >= 11 is 3.53. The van der Waals surface area contributed by atoms with Gasteiger partial charge in [0.1, 0.15) is 5.75 Å². The first-order valence-electron chi connectivity index (χ1n) is 5.28. The molecule has 1 nitrogen and oxygen atoms in total. The van der Waals surface area contributed by atoms with E-state index in [0.717, 1.165) is 19.7 Å². The molecule has 0 spiro atoms. The molecular weight excluding hydrogens is 388 g/mol. The van der Waals surface area contributed by atoms with Crippen molar-refractivity contribution in [2.45, 2.75) is 6.18 Å². The average molecular weight is 394 g/mol. The molecule has 0 atom stereocenters. The number of rotatable bonds is 0. The minimum atomic E-state index is -4.55. The Balaban J connectivity index is 2.41. The Labute approximate surface area is 123 Å². The quantitative estimate of drug-likeness (QED) is 0.508. The molecule has 1 heterocycles. The Kier molecular flexibility index (Phi) is 2.90. The van der Waals surface area contributed by atoms with Crippen molar-refractivity contribution >= 4 is 54.1 Å². The lowest BCUT2D eigenvalue weighted by atomic mass is 10.1. The van der Waals surface area contributed by atoms with E-state index in [0.29, 0.717) is 10.1 Å². The van der Waals surface area contributed by atoms with E-state index in [2.05, 4.69) is 22.6 Å². The monoisotopic (exact) mass is 394 g/mol. The predicted molar refractivity (Wildman–Crippen MR) is 78.7 cm³/mol. The van der Waals surface area contributed by atoms with Crippen LogP contribution in [0.25, 0.3) is 20.2 Å². The number of alkyl halides is 3. The maximum atomic E-state index is 12.8. The highest BCUT2D eigenvalue weighted by molar-refractivity contribution is 14.1. The van der Waals surface area contributed by atoms with E-state index in [1.807, 2.05) is 18.2 Å². The third-order valence-corrected chi connectivity index (χ3v) is 4.64. The highest BCUT2D eigenvalue weighted by atomic mass is 127. The summed E-state index contributed by atoms with van der Waals surface area (Å²) < 4.78 is 41.0. The molecule has 0 amide bonds. The molecule has 0 bridgehead atoms. The minimum Gasteiger partial charge on any atom is -0.507 e. The largest absolute Gasteiger partial charge is 0.507 e. The third kappa shape index (κ3) is 2.16. The number of fused-ring (bicyclic) bond motifs is 3. The normalized spacial score (nSPS) is 12.4. The van der Waals surface area contributed by atoms with Gasteiger partial charge in [-0.1, -0.05) is 6.07 Å². The fraction of sp³-hybridized carbons (Fsp3) is 0.0769. The molecule has 0 fully saturated rings. The Morgan fingerprint density at radius 3 is 2.37 bits per heavy atom. The fourth-order valence-corrected chi connectivity index (χ4v) is 3.88. The van der Waals surface area contributed by atoms with Crippen LogP contribution in [0.3, 0.4) is 0 Å². The molecule has 3 aromatic rings. The molecule has 0 radical (unpaired) electrons. The zero-order chi connectivity index (χ0) is 13.8. The maximum absolute atomic E-state index is 12.8. The standard InChI is InChI=1S/C13H6F3IOS/c14-13(15,16)9-4-8-7-2-1-6(17)3-11(7)19-12(8)5-10(9)18/h1-5,18H. The molecule has 1 N–H and O–H groups in total. The lowest BCUT2D eigenvalue weighted by Gasteiger charge is -2.08. The van der Waals surface area contributed by atoms with Gasteiger partial charge in [-0.05, 0) is 46.9 Å². The van der Waals surface area contributed by atoms with Crippen LogP contribution in [0.5, 0.6) is 5.75 Å². The van der Waals surface area contributed by atoms with Crippen LogP contribution in [0, 0.1) is 3.57 Å². The number of hydrogen-bond donors (Lipinski definition) is 1. The summed E-state index contributed by atoms with van der Waals surface area (Å²) in [5, 5.41) is 10.8. The van der Waals surface area contributed by atoms with Gasteiger partial charge in [0, 0.05) is 23.7 Å². The van der Waals surface area contributed by atoms with Crippen molar-refractivity contribution in [3.8, 4) is 5.75 Å².